The third kappa shape index (κ3) is 5.27. The minimum Gasteiger partial charge on any atom is -0.465 e. The molecule has 4 N–H and O–H groups in total. The van der Waals surface area contributed by atoms with Crippen LogP contribution in [0.5, 0.6) is 0 Å². The molecular weight excluding hydrogens is 398 g/mol. The third-order valence-corrected chi connectivity index (χ3v) is 4.50. The Morgan fingerprint density at radius 3 is 2.10 bits per heavy atom. The van der Waals surface area contributed by atoms with E-state index in [9.17, 15) is 9.59 Å². The van der Waals surface area contributed by atoms with Crippen LogP contribution in [-0.2, 0) is 16.0 Å². The van der Waals surface area contributed by atoms with Crippen molar-refractivity contribution in [3.63, 3.8) is 0 Å². The number of rotatable bonds is 7. The number of ether oxygens (including phenoxy) is 2. The van der Waals surface area contributed by atoms with E-state index in [2.05, 4.69) is 20.6 Å². The number of hydrogen-bond acceptors (Lipinski definition) is 9. The van der Waals surface area contributed by atoms with Crippen LogP contribution in [0.1, 0.15) is 31.8 Å². The zero-order chi connectivity index (χ0) is 22.4. The van der Waals surface area contributed by atoms with E-state index in [1.54, 1.807) is 0 Å². The van der Waals surface area contributed by atoms with Crippen molar-refractivity contribution >= 4 is 34.9 Å². The molecular formula is C22H23N5O4. The lowest BCUT2D eigenvalue weighted by Crippen LogP contribution is -2.10. The number of aryl methyl sites for hydroxylation is 1. The van der Waals surface area contributed by atoms with E-state index >= 15 is 0 Å². The van der Waals surface area contributed by atoms with Gasteiger partial charge in [0.1, 0.15) is 12.0 Å². The number of nitrogens with two attached hydrogens (primary N) is 1. The smallest absolute Gasteiger partial charge is 0.337 e. The molecule has 9 heteroatoms. The Morgan fingerprint density at radius 2 is 1.52 bits per heavy atom. The van der Waals surface area contributed by atoms with Crippen LogP contribution in [-0.4, -0.2) is 36.1 Å². The van der Waals surface area contributed by atoms with Crippen molar-refractivity contribution in [2.24, 2.45) is 0 Å². The molecule has 3 aromatic rings. The van der Waals surface area contributed by atoms with Crippen molar-refractivity contribution < 1.29 is 19.1 Å². The minimum atomic E-state index is -0.593. The molecule has 0 unspecified atom stereocenters. The summed E-state index contributed by atoms with van der Waals surface area (Å²) in [5.74, 6) is -0.413. The summed E-state index contributed by atoms with van der Waals surface area (Å²) in [6.07, 6.45) is 1.36. The molecule has 9 nitrogen and oxygen atoms in total. The molecule has 0 atom stereocenters. The summed E-state index contributed by atoms with van der Waals surface area (Å²) in [4.78, 5) is 32.3. The van der Waals surface area contributed by atoms with E-state index < -0.39 is 11.9 Å². The first-order valence-corrected chi connectivity index (χ1v) is 9.40. The lowest BCUT2D eigenvalue weighted by atomic mass is 10.1. The molecule has 1 heterocycles. The van der Waals surface area contributed by atoms with Crippen LogP contribution in [0.15, 0.2) is 48.8 Å². The summed E-state index contributed by atoms with van der Waals surface area (Å²) in [6, 6.07) is 12.5. The molecule has 0 spiro atoms. The number of esters is 2. The maximum absolute atomic E-state index is 12.0. The van der Waals surface area contributed by atoms with E-state index in [4.69, 9.17) is 15.2 Å². The molecule has 160 valence electrons. The molecule has 1 aromatic heterocycles. The Hall–Kier alpha value is -4.14. The molecule has 2 aromatic carbocycles. The van der Waals surface area contributed by atoms with E-state index in [0.717, 1.165) is 5.56 Å². The number of carbonyl (C=O) groups excluding carboxylic acids is 2. The quantitative estimate of drug-likeness (QED) is 0.492. The number of nitrogen functional groups attached to an aromatic ring is 1. The summed E-state index contributed by atoms with van der Waals surface area (Å²) in [5.41, 5.74) is 9.55. The molecule has 0 aliphatic heterocycles. The van der Waals surface area contributed by atoms with Crippen molar-refractivity contribution in [1.82, 2.24) is 9.97 Å². The zero-order valence-electron chi connectivity index (χ0n) is 17.4. The molecule has 0 amide bonds. The highest BCUT2D eigenvalue weighted by molar-refractivity contribution is 5.97. The van der Waals surface area contributed by atoms with Crippen molar-refractivity contribution in [3.05, 3.63) is 71.0 Å². The van der Waals surface area contributed by atoms with Gasteiger partial charge < -0.3 is 25.8 Å². The predicted molar refractivity (Wildman–Crippen MR) is 117 cm³/mol. The number of carbonyl (C=O) groups is 2. The van der Waals surface area contributed by atoms with Gasteiger partial charge in [-0.25, -0.2) is 19.6 Å². The molecule has 0 saturated heterocycles. The fraction of sp³-hybridized carbons (Fsp3) is 0.182. The molecule has 0 fully saturated rings. The van der Waals surface area contributed by atoms with E-state index in [-0.39, 0.29) is 16.8 Å². The first-order chi connectivity index (χ1) is 14.9. The first kappa shape index (κ1) is 21.6. The monoisotopic (exact) mass is 421 g/mol. The van der Waals surface area contributed by atoms with Gasteiger partial charge in [-0.3, -0.25) is 0 Å². The summed E-state index contributed by atoms with van der Waals surface area (Å²) in [5, 5.41) is 6.21. The van der Waals surface area contributed by atoms with Crippen LogP contribution in [0.4, 0.5) is 23.0 Å². The van der Waals surface area contributed by atoms with Crippen LogP contribution in [0.25, 0.3) is 0 Å². The molecule has 0 aliphatic rings. The Labute approximate surface area is 179 Å². The number of nitrogens with one attached hydrogen (secondary N) is 2. The Balaban J connectivity index is 1.85. The summed E-state index contributed by atoms with van der Waals surface area (Å²) in [6.45, 7) is 2.56. The fourth-order valence-corrected chi connectivity index (χ4v) is 2.84. The highest BCUT2D eigenvalue weighted by atomic mass is 16.5. The lowest BCUT2D eigenvalue weighted by Gasteiger charge is -2.14. The Bertz CT molecular complexity index is 1070. The molecule has 0 radical (unpaired) electrons. The van der Waals surface area contributed by atoms with Crippen LogP contribution in [0, 0.1) is 6.92 Å². The van der Waals surface area contributed by atoms with Crippen molar-refractivity contribution in [1.29, 1.82) is 0 Å². The van der Waals surface area contributed by atoms with E-state index in [1.807, 2.05) is 31.2 Å². The minimum absolute atomic E-state index is 0.179. The Morgan fingerprint density at radius 1 is 0.935 bits per heavy atom. The average molecular weight is 421 g/mol. The van der Waals surface area contributed by atoms with Crippen LogP contribution < -0.4 is 16.4 Å². The summed E-state index contributed by atoms with van der Waals surface area (Å²) < 4.78 is 9.51. The second-order valence-electron chi connectivity index (χ2n) is 6.73. The maximum Gasteiger partial charge on any atom is 0.337 e. The fourth-order valence-electron chi connectivity index (χ4n) is 2.84. The second-order valence-corrected chi connectivity index (χ2v) is 6.73. The summed E-state index contributed by atoms with van der Waals surface area (Å²) >= 11 is 0. The van der Waals surface area contributed by atoms with Gasteiger partial charge in [0.15, 0.2) is 11.6 Å². The molecule has 0 saturated carbocycles. The number of aromatic nitrogens is 2. The highest BCUT2D eigenvalue weighted by Gasteiger charge is 2.15. The molecule has 31 heavy (non-hydrogen) atoms. The van der Waals surface area contributed by atoms with Crippen LogP contribution in [0.3, 0.4) is 0 Å². The van der Waals surface area contributed by atoms with Crippen LogP contribution in [0.2, 0.25) is 0 Å². The number of methoxy groups -OCH3 is 2. The van der Waals surface area contributed by atoms with Crippen molar-refractivity contribution in [2.45, 2.75) is 13.5 Å². The first-order valence-electron chi connectivity index (χ1n) is 9.40. The SMILES string of the molecule is COC(=O)c1cc(Nc2ncnc(NCc3ccc(C)cc3)c2N)cc(C(=O)OC)c1. The predicted octanol–water partition coefficient (Wildman–Crippen LogP) is 3.30. The Kier molecular flexibility index (Phi) is 6.66. The second kappa shape index (κ2) is 9.57. The van der Waals surface area contributed by atoms with Gasteiger partial charge in [-0.2, -0.15) is 0 Å². The van der Waals surface area contributed by atoms with Gasteiger partial charge in [-0.1, -0.05) is 29.8 Å². The number of anilines is 4. The summed E-state index contributed by atoms with van der Waals surface area (Å²) in [7, 11) is 2.52. The third-order valence-electron chi connectivity index (χ3n) is 4.50. The highest BCUT2D eigenvalue weighted by Crippen LogP contribution is 2.27. The van der Waals surface area contributed by atoms with E-state index in [0.29, 0.717) is 23.9 Å². The van der Waals surface area contributed by atoms with Crippen LogP contribution >= 0.6 is 0 Å². The van der Waals surface area contributed by atoms with Gasteiger partial charge in [-0.15, -0.1) is 0 Å². The van der Waals surface area contributed by atoms with Gasteiger partial charge in [0.05, 0.1) is 25.3 Å². The standard InChI is InChI=1S/C22H23N5O4/c1-13-4-6-14(7-5-13)11-24-19-18(23)20(26-12-25-19)27-17-9-15(21(28)30-2)8-16(10-17)22(29)31-3/h4-10,12H,11,23H2,1-3H3,(H2,24,25,26,27). The number of nitrogens with zero attached hydrogens (tertiary/aromatic N) is 2. The largest absolute Gasteiger partial charge is 0.465 e. The van der Waals surface area contributed by atoms with Crippen molar-refractivity contribution in [2.75, 3.05) is 30.6 Å². The van der Waals surface area contributed by atoms with Gasteiger partial charge in [-0.05, 0) is 30.7 Å². The van der Waals surface area contributed by atoms with Gasteiger partial charge >= 0.3 is 11.9 Å². The molecule has 0 bridgehead atoms. The maximum atomic E-state index is 12.0. The lowest BCUT2D eigenvalue weighted by molar-refractivity contribution is 0.0599. The van der Waals surface area contributed by atoms with Crippen molar-refractivity contribution in [3.8, 4) is 0 Å². The van der Waals surface area contributed by atoms with E-state index in [1.165, 1.54) is 44.3 Å². The normalized spacial score (nSPS) is 10.3. The number of hydrogen-bond donors (Lipinski definition) is 3. The zero-order valence-corrected chi connectivity index (χ0v) is 17.4. The van der Waals surface area contributed by atoms with Gasteiger partial charge in [0, 0.05) is 12.2 Å². The average Bonchev–Trinajstić information content (AvgIpc) is 2.79. The van der Waals surface area contributed by atoms with Gasteiger partial charge in [0.2, 0.25) is 0 Å². The topological polar surface area (TPSA) is 128 Å². The number of benzene rings is 2. The molecule has 0 aliphatic carbocycles. The molecule has 3 rings (SSSR count). The van der Waals surface area contributed by atoms with Gasteiger partial charge in [0.25, 0.3) is 0 Å².